The van der Waals surface area contributed by atoms with Crippen molar-refractivity contribution >= 4 is 21.6 Å². The van der Waals surface area contributed by atoms with Crippen molar-refractivity contribution in [1.82, 2.24) is 4.31 Å². The zero-order valence-corrected chi connectivity index (χ0v) is 15.1. The summed E-state index contributed by atoms with van der Waals surface area (Å²) in [5, 5.41) is 11.8. The summed E-state index contributed by atoms with van der Waals surface area (Å²) in [6.45, 7) is 3.42. The number of carbonyl (C=O) groups excluding carboxylic acids is 1. The van der Waals surface area contributed by atoms with Gasteiger partial charge in [-0.1, -0.05) is 24.3 Å². The molecule has 2 rings (SSSR count). The number of aryl methyl sites for hydroxylation is 2. The summed E-state index contributed by atoms with van der Waals surface area (Å²) < 4.78 is 26.2. The predicted octanol–water partition coefficient (Wildman–Crippen LogP) is 2.43. The summed E-state index contributed by atoms with van der Waals surface area (Å²) >= 11 is 0. The number of likely N-dealkylation sites (N-methyl/N-ethyl adjacent to an activating group) is 1. The second kappa shape index (κ2) is 7.47. The molecule has 0 aliphatic carbocycles. The predicted molar refractivity (Wildman–Crippen MR) is 95.5 cm³/mol. The molecule has 6 nitrogen and oxygen atoms in total. The SMILES string of the molecule is Cc1ccc(C)c(NC(=O)CN(C)S(=O)(=O)c2ccccc2C#N)c1. The number of nitrogens with zero attached hydrogens (tertiary/aromatic N) is 2. The number of hydrogen-bond donors (Lipinski definition) is 1. The van der Waals surface area contributed by atoms with Crippen molar-refractivity contribution in [2.75, 3.05) is 18.9 Å². The molecule has 0 aliphatic heterocycles. The van der Waals surface area contributed by atoms with Crippen molar-refractivity contribution in [2.45, 2.75) is 18.7 Å². The summed E-state index contributed by atoms with van der Waals surface area (Å²) in [6, 6.07) is 13.4. The maximum absolute atomic E-state index is 12.6. The number of nitrogens with one attached hydrogen (secondary N) is 1. The molecule has 0 bridgehead atoms. The normalized spacial score (nSPS) is 11.2. The Morgan fingerprint density at radius 2 is 1.88 bits per heavy atom. The van der Waals surface area contributed by atoms with Crippen LogP contribution in [0.2, 0.25) is 0 Å². The Balaban J connectivity index is 2.18. The maximum atomic E-state index is 12.6. The third kappa shape index (κ3) is 4.24. The van der Waals surface area contributed by atoms with Crippen molar-refractivity contribution < 1.29 is 13.2 Å². The fraction of sp³-hybridized carbons (Fsp3) is 0.222. The fourth-order valence-corrected chi connectivity index (χ4v) is 3.56. The number of benzene rings is 2. The molecule has 7 heteroatoms. The van der Waals surface area contributed by atoms with Crippen molar-refractivity contribution in [3.63, 3.8) is 0 Å². The molecule has 1 N–H and O–H groups in total. The van der Waals surface area contributed by atoms with E-state index in [2.05, 4.69) is 5.32 Å². The molecule has 0 spiro atoms. The van der Waals surface area contributed by atoms with E-state index in [1.165, 1.54) is 25.2 Å². The molecule has 0 aliphatic rings. The number of rotatable bonds is 5. The van der Waals surface area contributed by atoms with Crippen LogP contribution in [0, 0.1) is 25.2 Å². The molecule has 130 valence electrons. The second-order valence-corrected chi connectivity index (χ2v) is 7.75. The van der Waals surface area contributed by atoms with Crippen LogP contribution in [-0.4, -0.2) is 32.2 Å². The number of anilines is 1. The molecule has 0 heterocycles. The first-order valence-corrected chi connectivity index (χ1v) is 9.02. The van der Waals surface area contributed by atoms with Crippen LogP contribution >= 0.6 is 0 Å². The van der Waals surface area contributed by atoms with Gasteiger partial charge in [-0.05, 0) is 43.2 Å². The Bertz CT molecular complexity index is 946. The van der Waals surface area contributed by atoms with Gasteiger partial charge in [0.05, 0.1) is 17.0 Å². The third-order valence-electron chi connectivity index (χ3n) is 3.73. The van der Waals surface area contributed by atoms with Gasteiger partial charge in [0.25, 0.3) is 0 Å². The molecular weight excluding hydrogens is 338 g/mol. The minimum absolute atomic E-state index is 0.0456. The van der Waals surface area contributed by atoms with Crippen molar-refractivity contribution in [3.8, 4) is 6.07 Å². The van der Waals surface area contributed by atoms with Crippen molar-refractivity contribution in [2.24, 2.45) is 0 Å². The third-order valence-corrected chi connectivity index (χ3v) is 5.59. The first-order chi connectivity index (χ1) is 11.8. The number of carbonyl (C=O) groups is 1. The van der Waals surface area contributed by atoms with Gasteiger partial charge in [0, 0.05) is 12.7 Å². The zero-order valence-electron chi connectivity index (χ0n) is 14.3. The number of amides is 1. The van der Waals surface area contributed by atoms with Gasteiger partial charge in [0.15, 0.2) is 0 Å². The fourth-order valence-electron chi connectivity index (χ4n) is 2.30. The van der Waals surface area contributed by atoms with E-state index in [-0.39, 0.29) is 17.0 Å². The average molecular weight is 357 g/mol. The molecular formula is C18H19N3O3S. The lowest BCUT2D eigenvalue weighted by Crippen LogP contribution is -2.35. The number of hydrogen-bond acceptors (Lipinski definition) is 4. The standard InChI is InChI=1S/C18H19N3O3S/c1-13-8-9-14(2)16(10-13)20-18(22)12-21(3)25(23,24)17-7-5-4-6-15(17)11-19/h4-10H,12H2,1-3H3,(H,20,22). The van der Waals surface area contributed by atoms with E-state index in [0.29, 0.717) is 5.69 Å². The van der Waals surface area contributed by atoms with Crippen LogP contribution in [0.25, 0.3) is 0 Å². The molecule has 2 aromatic rings. The summed E-state index contributed by atoms with van der Waals surface area (Å²) in [6.07, 6.45) is 0. The van der Waals surface area contributed by atoms with E-state index in [4.69, 9.17) is 5.26 Å². The van der Waals surface area contributed by atoms with Crippen LogP contribution in [0.4, 0.5) is 5.69 Å². The molecule has 0 atom stereocenters. The zero-order chi connectivity index (χ0) is 18.6. The summed E-state index contributed by atoms with van der Waals surface area (Å²) in [7, 11) is -2.63. The molecule has 0 saturated carbocycles. The van der Waals surface area contributed by atoms with Gasteiger partial charge in [-0.25, -0.2) is 8.42 Å². The number of sulfonamides is 1. The lowest BCUT2D eigenvalue weighted by atomic mass is 10.1. The van der Waals surface area contributed by atoms with E-state index in [1.54, 1.807) is 6.07 Å². The Morgan fingerprint density at radius 1 is 1.20 bits per heavy atom. The van der Waals surface area contributed by atoms with Gasteiger partial charge >= 0.3 is 0 Å². The second-order valence-electron chi connectivity index (χ2n) is 5.74. The lowest BCUT2D eigenvalue weighted by Gasteiger charge is -2.18. The highest BCUT2D eigenvalue weighted by atomic mass is 32.2. The highest BCUT2D eigenvalue weighted by molar-refractivity contribution is 7.89. The van der Waals surface area contributed by atoms with Crippen LogP contribution in [0.15, 0.2) is 47.4 Å². The van der Waals surface area contributed by atoms with Crippen LogP contribution < -0.4 is 5.32 Å². The molecule has 0 aromatic heterocycles. The smallest absolute Gasteiger partial charge is 0.244 e. The van der Waals surface area contributed by atoms with E-state index < -0.39 is 15.9 Å². The van der Waals surface area contributed by atoms with Gasteiger partial charge in [-0.15, -0.1) is 0 Å². The van der Waals surface area contributed by atoms with E-state index in [1.807, 2.05) is 38.1 Å². The molecule has 2 aromatic carbocycles. The summed E-state index contributed by atoms with van der Waals surface area (Å²) in [4.78, 5) is 12.1. The first-order valence-electron chi connectivity index (χ1n) is 7.58. The highest BCUT2D eigenvalue weighted by Crippen LogP contribution is 2.19. The topological polar surface area (TPSA) is 90.3 Å². The van der Waals surface area contributed by atoms with Crippen molar-refractivity contribution in [1.29, 1.82) is 5.26 Å². The Kier molecular flexibility index (Phi) is 5.57. The van der Waals surface area contributed by atoms with Gasteiger partial charge in [0.1, 0.15) is 6.07 Å². The lowest BCUT2D eigenvalue weighted by molar-refractivity contribution is -0.116. The molecule has 25 heavy (non-hydrogen) atoms. The van der Waals surface area contributed by atoms with Gasteiger partial charge < -0.3 is 5.32 Å². The maximum Gasteiger partial charge on any atom is 0.244 e. The van der Waals surface area contributed by atoms with Gasteiger partial charge in [-0.2, -0.15) is 9.57 Å². The van der Waals surface area contributed by atoms with Crippen LogP contribution in [-0.2, 0) is 14.8 Å². The first kappa shape index (κ1) is 18.6. The van der Waals surface area contributed by atoms with Crippen LogP contribution in [0.3, 0.4) is 0 Å². The van der Waals surface area contributed by atoms with Gasteiger partial charge in [-0.3, -0.25) is 4.79 Å². The van der Waals surface area contributed by atoms with Crippen LogP contribution in [0.5, 0.6) is 0 Å². The van der Waals surface area contributed by atoms with E-state index in [9.17, 15) is 13.2 Å². The molecule has 0 saturated heterocycles. The van der Waals surface area contributed by atoms with Crippen molar-refractivity contribution in [3.05, 3.63) is 59.2 Å². The molecule has 0 radical (unpaired) electrons. The minimum atomic E-state index is -3.94. The largest absolute Gasteiger partial charge is 0.325 e. The Labute approximate surface area is 147 Å². The Hall–Kier alpha value is -2.69. The quantitative estimate of drug-likeness (QED) is 0.890. The average Bonchev–Trinajstić information content (AvgIpc) is 2.57. The minimum Gasteiger partial charge on any atom is -0.325 e. The van der Waals surface area contributed by atoms with Gasteiger partial charge in [0.2, 0.25) is 15.9 Å². The Morgan fingerprint density at radius 3 is 2.56 bits per heavy atom. The highest BCUT2D eigenvalue weighted by Gasteiger charge is 2.25. The monoisotopic (exact) mass is 357 g/mol. The molecule has 0 fully saturated rings. The summed E-state index contributed by atoms with van der Waals surface area (Å²) in [5.41, 5.74) is 2.57. The van der Waals surface area contributed by atoms with E-state index >= 15 is 0 Å². The summed E-state index contributed by atoms with van der Waals surface area (Å²) in [5.74, 6) is -0.450. The van der Waals surface area contributed by atoms with E-state index in [0.717, 1.165) is 15.4 Å². The number of nitriles is 1. The molecule has 1 amide bonds. The molecule has 0 unspecified atom stereocenters. The van der Waals surface area contributed by atoms with Crippen LogP contribution in [0.1, 0.15) is 16.7 Å².